The molecular formula is C13H22N4O. The molecule has 0 aliphatic carbocycles. The number of aromatic nitrogens is 2. The average molecular weight is 250 g/mol. The Morgan fingerprint density at radius 1 is 1.56 bits per heavy atom. The third-order valence-corrected chi connectivity index (χ3v) is 3.97. The van der Waals surface area contributed by atoms with Gasteiger partial charge in [0.1, 0.15) is 0 Å². The molecule has 5 nitrogen and oxygen atoms in total. The standard InChI is InChI=1S/C13H22N4O/c1-16-4-5-18-12(8-16)9-17-10-15-7-13(17)11-2-3-14-6-11/h7,10-12,14H,2-6,8-9H2,1H3. The largest absolute Gasteiger partial charge is 0.374 e. The van der Waals surface area contributed by atoms with Gasteiger partial charge < -0.3 is 19.5 Å². The van der Waals surface area contributed by atoms with Crippen LogP contribution in [0.4, 0.5) is 0 Å². The fraction of sp³-hybridized carbons (Fsp3) is 0.769. The molecule has 18 heavy (non-hydrogen) atoms. The lowest BCUT2D eigenvalue weighted by Gasteiger charge is -2.30. The molecule has 2 fully saturated rings. The van der Waals surface area contributed by atoms with Gasteiger partial charge in [-0.25, -0.2) is 4.98 Å². The molecule has 0 spiro atoms. The van der Waals surface area contributed by atoms with Crippen molar-refractivity contribution in [3.63, 3.8) is 0 Å². The van der Waals surface area contributed by atoms with E-state index in [1.807, 2.05) is 12.5 Å². The van der Waals surface area contributed by atoms with E-state index in [-0.39, 0.29) is 0 Å². The quantitative estimate of drug-likeness (QED) is 0.837. The van der Waals surface area contributed by atoms with Crippen molar-refractivity contribution in [2.45, 2.75) is 25.0 Å². The van der Waals surface area contributed by atoms with Gasteiger partial charge in [-0.2, -0.15) is 0 Å². The van der Waals surface area contributed by atoms with E-state index in [1.165, 1.54) is 12.1 Å². The van der Waals surface area contributed by atoms with E-state index >= 15 is 0 Å². The summed E-state index contributed by atoms with van der Waals surface area (Å²) in [5.41, 5.74) is 1.36. The Morgan fingerprint density at radius 3 is 3.28 bits per heavy atom. The molecule has 2 unspecified atom stereocenters. The van der Waals surface area contributed by atoms with Crippen LogP contribution in [0.1, 0.15) is 18.0 Å². The second-order valence-corrected chi connectivity index (χ2v) is 5.42. The van der Waals surface area contributed by atoms with Crippen LogP contribution in [0.5, 0.6) is 0 Å². The van der Waals surface area contributed by atoms with Gasteiger partial charge >= 0.3 is 0 Å². The maximum Gasteiger partial charge on any atom is 0.0949 e. The number of nitrogens with zero attached hydrogens (tertiary/aromatic N) is 3. The lowest BCUT2D eigenvalue weighted by atomic mass is 10.1. The van der Waals surface area contributed by atoms with E-state index < -0.39 is 0 Å². The maximum atomic E-state index is 5.83. The molecule has 2 aliphatic heterocycles. The summed E-state index contributed by atoms with van der Waals surface area (Å²) in [5, 5.41) is 3.42. The van der Waals surface area contributed by atoms with Crippen LogP contribution in [0, 0.1) is 0 Å². The maximum absolute atomic E-state index is 5.83. The highest BCUT2D eigenvalue weighted by molar-refractivity contribution is 5.09. The molecule has 1 N–H and O–H groups in total. The van der Waals surface area contributed by atoms with Crippen molar-refractivity contribution in [3.05, 3.63) is 18.2 Å². The zero-order valence-corrected chi connectivity index (χ0v) is 11.0. The summed E-state index contributed by atoms with van der Waals surface area (Å²) < 4.78 is 8.11. The summed E-state index contributed by atoms with van der Waals surface area (Å²) in [7, 11) is 2.16. The first-order valence-electron chi connectivity index (χ1n) is 6.84. The number of rotatable bonds is 3. The second-order valence-electron chi connectivity index (χ2n) is 5.42. The highest BCUT2D eigenvalue weighted by Gasteiger charge is 2.23. The van der Waals surface area contributed by atoms with Crippen LogP contribution in [0.25, 0.3) is 0 Å². The molecule has 0 aromatic carbocycles. The number of morpholine rings is 1. The molecule has 100 valence electrons. The minimum Gasteiger partial charge on any atom is -0.374 e. The molecule has 2 saturated heterocycles. The van der Waals surface area contributed by atoms with Crippen LogP contribution in [-0.4, -0.2) is 60.4 Å². The molecule has 1 aromatic heterocycles. The van der Waals surface area contributed by atoms with Gasteiger partial charge in [0.05, 0.1) is 25.6 Å². The lowest BCUT2D eigenvalue weighted by molar-refractivity contribution is -0.0278. The van der Waals surface area contributed by atoms with Crippen molar-refractivity contribution in [1.82, 2.24) is 19.8 Å². The van der Waals surface area contributed by atoms with Crippen molar-refractivity contribution in [2.75, 3.05) is 39.8 Å². The summed E-state index contributed by atoms with van der Waals surface area (Å²) >= 11 is 0. The van der Waals surface area contributed by atoms with Crippen molar-refractivity contribution < 1.29 is 4.74 Å². The van der Waals surface area contributed by atoms with Gasteiger partial charge in [-0.3, -0.25) is 0 Å². The van der Waals surface area contributed by atoms with Crippen molar-refractivity contribution >= 4 is 0 Å². The monoisotopic (exact) mass is 250 g/mol. The number of hydrogen-bond acceptors (Lipinski definition) is 4. The van der Waals surface area contributed by atoms with E-state index in [1.54, 1.807) is 0 Å². The molecule has 2 atom stereocenters. The Hall–Kier alpha value is -0.910. The molecule has 5 heteroatoms. The fourth-order valence-corrected chi connectivity index (χ4v) is 2.93. The van der Waals surface area contributed by atoms with E-state index in [0.29, 0.717) is 12.0 Å². The van der Waals surface area contributed by atoms with Crippen LogP contribution in [-0.2, 0) is 11.3 Å². The van der Waals surface area contributed by atoms with Crippen LogP contribution >= 0.6 is 0 Å². The van der Waals surface area contributed by atoms with Gasteiger partial charge in [-0.15, -0.1) is 0 Å². The van der Waals surface area contributed by atoms with Gasteiger partial charge in [0.15, 0.2) is 0 Å². The Kier molecular flexibility index (Phi) is 3.63. The van der Waals surface area contributed by atoms with Crippen molar-refractivity contribution in [2.24, 2.45) is 0 Å². The van der Waals surface area contributed by atoms with E-state index in [4.69, 9.17) is 4.74 Å². The van der Waals surface area contributed by atoms with Gasteiger partial charge in [0, 0.05) is 37.4 Å². The highest BCUT2D eigenvalue weighted by Crippen LogP contribution is 2.22. The van der Waals surface area contributed by atoms with E-state index in [9.17, 15) is 0 Å². The van der Waals surface area contributed by atoms with E-state index in [0.717, 1.165) is 39.3 Å². The smallest absolute Gasteiger partial charge is 0.0949 e. The zero-order valence-electron chi connectivity index (χ0n) is 11.0. The molecule has 1 aromatic rings. The van der Waals surface area contributed by atoms with Crippen molar-refractivity contribution in [3.8, 4) is 0 Å². The van der Waals surface area contributed by atoms with Crippen LogP contribution < -0.4 is 5.32 Å². The minimum atomic E-state index is 0.297. The summed E-state index contributed by atoms with van der Waals surface area (Å²) in [6.07, 6.45) is 5.48. The third kappa shape index (κ3) is 2.58. The van der Waals surface area contributed by atoms with Gasteiger partial charge in [0.25, 0.3) is 0 Å². The number of likely N-dealkylation sites (N-methyl/N-ethyl adjacent to an activating group) is 1. The molecule has 2 aliphatic rings. The molecule has 0 saturated carbocycles. The molecule has 0 bridgehead atoms. The van der Waals surface area contributed by atoms with Crippen LogP contribution in [0.3, 0.4) is 0 Å². The SMILES string of the molecule is CN1CCOC(Cn2cncc2C2CCNC2)C1. The summed E-state index contributed by atoms with van der Waals surface area (Å²) in [5.74, 6) is 0.619. The third-order valence-electron chi connectivity index (χ3n) is 3.97. The number of ether oxygens (including phenoxy) is 1. The first-order valence-corrected chi connectivity index (χ1v) is 6.84. The molecule has 0 radical (unpaired) electrons. The molecule has 3 rings (SSSR count). The molecule has 0 amide bonds. The van der Waals surface area contributed by atoms with Gasteiger partial charge in [-0.1, -0.05) is 0 Å². The van der Waals surface area contributed by atoms with E-state index in [2.05, 4.69) is 26.8 Å². The molecule has 3 heterocycles. The Bertz CT molecular complexity index is 386. The van der Waals surface area contributed by atoms with Crippen LogP contribution in [0.15, 0.2) is 12.5 Å². The predicted molar refractivity (Wildman–Crippen MR) is 69.7 cm³/mol. The first kappa shape index (κ1) is 12.1. The average Bonchev–Trinajstić information content (AvgIpc) is 2.98. The molecular weight excluding hydrogens is 228 g/mol. The first-order chi connectivity index (χ1) is 8.83. The second kappa shape index (κ2) is 5.38. The number of hydrogen-bond donors (Lipinski definition) is 1. The van der Waals surface area contributed by atoms with Gasteiger partial charge in [-0.05, 0) is 20.0 Å². The minimum absolute atomic E-state index is 0.297. The van der Waals surface area contributed by atoms with Crippen LogP contribution in [0.2, 0.25) is 0 Å². The van der Waals surface area contributed by atoms with Crippen molar-refractivity contribution in [1.29, 1.82) is 0 Å². The highest BCUT2D eigenvalue weighted by atomic mass is 16.5. The Labute approximate surface area is 108 Å². The lowest BCUT2D eigenvalue weighted by Crippen LogP contribution is -2.42. The number of imidazole rings is 1. The Morgan fingerprint density at radius 2 is 2.50 bits per heavy atom. The number of nitrogens with one attached hydrogen (secondary N) is 1. The topological polar surface area (TPSA) is 42.3 Å². The summed E-state index contributed by atoms with van der Waals surface area (Å²) in [6, 6.07) is 0. The summed E-state index contributed by atoms with van der Waals surface area (Å²) in [6.45, 7) is 6.03. The fourth-order valence-electron chi connectivity index (χ4n) is 2.93. The normalized spacial score (nSPS) is 29.8. The van der Waals surface area contributed by atoms with Gasteiger partial charge in [0.2, 0.25) is 0 Å². The predicted octanol–water partition coefficient (Wildman–Crippen LogP) is 0.291. The zero-order chi connectivity index (χ0) is 12.4. The Balaban J connectivity index is 1.66. The summed E-state index contributed by atoms with van der Waals surface area (Å²) in [4.78, 5) is 6.65.